The number of benzene rings is 1. The second kappa shape index (κ2) is 6.94. The fourth-order valence-corrected chi connectivity index (χ4v) is 3.29. The molecule has 6 nitrogen and oxygen atoms in total. The van der Waals surface area contributed by atoms with Crippen LogP contribution in [0.5, 0.6) is 0 Å². The Kier molecular flexibility index (Phi) is 4.71. The molecule has 2 heterocycles. The maximum Gasteiger partial charge on any atom is 0.262 e. The zero-order valence-electron chi connectivity index (χ0n) is 13.6. The van der Waals surface area contributed by atoms with E-state index in [2.05, 4.69) is 15.5 Å². The van der Waals surface area contributed by atoms with Crippen molar-refractivity contribution in [3.63, 3.8) is 0 Å². The average molecular weight is 358 g/mol. The summed E-state index contributed by atoms with van der Waals surface area (Å²) in [4.78, 5) is 30.4. The quantitative estimate of drug-likeness (QED) is 0.575. The lowest BCUT2D eigenvalue weighted by Crippen LogP contribution is -2.30. The number of hydrazone groups is 1. The third-order valence-electron chi connectivity index (χ3n) is 3.74. The smallest absolute Gasteiger partial charge is 0.262 e. The SMILES string of the molecule is Cc1sc2ncn(CC(=O)N/N=C/c3ccc(F)cc3)c(=O)c2c1C. The van der Waals surface area contributed by atoms with Crippen LogP contribution in [0, 0.1) is 19.7 Å². The zero-order chi connectivity index (χ0) is 18.0. The fraction of sp³-hybridized carbons (Fsp3) is 0.176. The number of aromatic nitrogens is 2. The van der Waals surface area contributed by atoms with E-state index in [9.17, 15) is 14.0 Å². The summed E-state index contributed by atoms with van der Waals surface area (Å²) >= 11 is 1.46. The molecule has 3 rings (SSSR count). The molecule has 1 N–H and O–H groups in total. The number of fused-ring (bicyclic) bond motifs is 1. The number of carbonyl (C=O) groups excluding carboxylic acids is 1. The molecule has 0 radical (unpaired) electrons. The number of hydrogen-bond donors (Lipinski definition) is 1. The van der Waals surface area contributed by atoms with Gasteiger partial charge in [-0.15, -0.1) is 11.3 Å². The van der Waals surface area contributed by atoms with Crippen molar-refractivity contribution < 1.29 is 9.18 Å². The predicted molar refractivity (Wildman–Crippen MR) is 95.5 cm³/mol. The molecule has 0 bridgehead atoms. The van der Waals surface area contributed by atoms with E-state index >= 15 is 0 Å². The lowest BCUT2D eigenvalue weighted by molar-refractivity contribution is -0.121. The molecule has 128 valence electrons. The molecule has 0 fully saturated rings. The number of hydrogen-bond acceptors (Lipinski definition) is 5. The molecular weight excluding hydrogens is 343 g/mol. The summed E-state index contributed by atoms with van der Waals surface area (Å²) in [6.07, 6.45) is 2.76. The molecule has 0 spiro atoms. The maximum atomic E-state index is 12.8. The Bertz CT molecular complexity index is 1020. The van der Waals surface area contributed by atoms with Gasteiger partial charge in [-0.05, 0) is 37.1 Å². The summed E-state index contributed by atoms with van der Waals surface area (Å²) in [6, 6.07) is 5.67. The van der Waals surface area contributed by atoms with E-state index in [1.54, 1.807) is 0 Å². The van der Waals surface area contributed by atoms with Crippen molar-refractivity contribution in [1.29, 1.82) is 0 Å². The Morgan fingerprint density at radius 2 is 2.08 bits per heavy atom. The highest BCUT2D eigenvalue weighted by Gasteiger charge is 2.13. The largest absolute Gasteiger partial charge is 0.289 e. The van der Waals surface area contributed by atoms with Crippen LogP contribution in [0.15, 0.2) is 40.5 Å². The molecule has 0 saturated carbocycles. The average Bonchev–Trinajstić information content (AvgIpc) is 2.87. The number of halogens is 1. The van der Waals surface area contributed by atoms with E-state index in [1.165, 1.54) is 52.7 Å². The third-order valence-corrected chi connectivity index (χ3v) is 4.86. The van der Waals surface area contributed by atoms with Crippen molar-refractivity contribution in [3.05, 3.63) is 62.8 Å². The monoisotopic (exact) mass is 358 g/mol. The van der Waals surface area contributed by atoms with Gasteiger partial charge in [-0.1, -0.05) is 12.1 Å². The van der Waals surface area contributed by atoms with Gasteiger partial charge in [0.25, 0.3) is 11.5 Å². The number of rotatable bonds is 4. The minimum atomic E-state index is -0.453. The summed E-state index contributed by atoms with van der Waals surface area (Å²) in [5, 5.41) is 4.35. The molecule has 2 aromatic heterocycles. The van der Waals surface area contributed by atoms with Crippen LogP contribution in [-0.4, -0.2) is 21.7 Å². The first-order chi connectivity index (χ1) is 12.0. The highest BCUT2D eigenvalue weighted by molar-refractivity contribution is 7.18. The topological polar surface area (TPSA) is 76.3 Å². The van der Waals surface area contributed by atoms with Crippen LogP contribution in [0.2, 0.25) is 0 Å². The van der Waals surface area contributed by atoms with Gasteiger partial charge in [-0.2, -0.15) is 5.10 Å². The van der Waals surface area contributed by atoms with E-state index in [4.69, 9.17) is 0 Å². The van der Waals surface area contributed by atoms with Crippen LogP contribution in [0.3, 0.4) is 0 Å². The Morgan fingerprint density at radius 3 is 2.80 bits per heavy atom. The number of carbonyl (C=O) groups is 1. The van der Waals surface area contributed by atoms with Gasteiger partial charge in [0.2, 0.25) is 0 Å². The Balaban J connectivity index is 1.71. The number of amides is 1. The predicted octanol–water partition coefficient (Wildman–Crippen LogP) is 2.36. The van der Waals surface area contributed by atoms with E-state index in [-0.39, 0.29) is 17.9 Å². The minimum Gasteiger partial charge on any atom is -0.289 e. The van der Waals surface area contributed by atoms with E-state index in [0.717, 1.165) is 10.4 Å². The summed E-state index contributed by atoms with van der Waals surface area (Å²) in [7, 11) is 0. The lowest BCUT2D eigenvalue weighted by atomic mass is 10.2. The van der Waals surface area contributed by atoms with E-state index in [1.807, 2.05) is 13.8 Å². The van der Waals surface area contributed by atoms with Crippen molar-refractivity contribution in [1.82, 2.24) is 15.0 Å². The molecule has 0 atom stereocenters. The third kappa shape index (κ3) is 3.63. The van der Waals surface area contributed by atoms with Crippen molar-refractivity contribution in [2.24, 2.45) is 5.10 Å². The molecular formula is C17H15FN4O2S. The highest BCUT2D eigenvalue weighted by atomic mass is 32.1. The standard InChI is InChI=1S/C17H15FN4O2S/c1-10-11(2)25-16-15(10)17(24)22(9-19-16)8-14(23)21-20-7-12-3-5-13(18)6-4-12/h3-7,9H,8H2,1-2H3,(H,21,23)/b20-7+. The van der Waals surface area contributed by atoms with Gasteiger partial charge in [-0.25, -0.2) is 14.8 Å². The number of aryl methyl sites for hydroxylation is 2. The molecule has 3 aromatic rings. The van der Waals surface area contributed by atoms with Crippen LogP contribution >= 0.6 is 11.3 Å². The van der Waals surface area contributed by atoms with Crippen molar-refractivity contribution in [2.45, 2.75) is 20.4 Å². The second-order valence-corrected chi connectivity index (χ2v) is 6.69. The molecule has 1 aromatic carbocycles. The van der Waals surface area contributed by atoms with E-state index < -0.39 is 5.91 Å². The van der Waals surface area contributed by atoms with Crippen LogP contribution in [0.1, 0.15) is 16.0 Å². The summed E-state index contributed by atoms with van der Waals surface area (Å²) < 4.78 is 14.1. The summed E-state index contributed by atoms with van der Waals surface area (Å²) in [5.74, 6) is -0.798. The minimum absolute atomic E-state index is 0.184. The van der Waals surface area contributed by atoms with Gasteiger partial charge in [-0.3, -0.25) is 14.2 Å². The van der Waals surface area contributed by atoms with Crippen LogP contribution in [-0.2, 0) is 11.3 Å². The first-order valence-corrected chi connectivity index (χ1v) is 8.30. The zero-order valence-corrected chi connectivity index (χ0v) is 14.4. The first-order valence-electron chi connectivity index (χ1n) is 7.48. The van der Waals surface area contributed by atoms with Gasteiger partial charge < -0.3 is 0 Å². The number of nitrogens with zero attached hydrogens (tertiary/aromatic N) is 3. The van der Waals surface area contributed by atoms with Crippen molar-refractivity contribution in [2.75, 3.05) is 0 Å². The Hall–Kier alpha value is -2.87. The number of thiophene rings is 1. The molecule has 0 saturated heterocycles. The summed E-state index contributed by atoms with van der Waals surface area (Å²) in [5.41, 5.74) is 3.63. The Labute approximate surface area is 146 Å². The number of nitrogens with one attached hydrogen (secondary N) is 1. The molecule has 0 unspecified atom stereocenters. The van der Waals surface area contributed by atoms with Gasteiger partial charge in [0.1, 0.15) is 17.2 Å². The first kappa shape index (κ1) is 17.0. The van der Waals surface area contributed by atoms with Gasteiger partial charge in [0.05, 0.1) is 17.9 Å². The highest BCUT2D eigenvalue weighted by Crippen LogP contribution is 2.25. The maximum absolute atomic E-state index is 12.8. The van der Waals surface area contributed by atoms with Crippen LogP contribution < -0.4 is 11.0 Å². The van der Waals surface area contributed by atoms with E-state index in [0.29, 0.717) is 15.8 Å². The summed E-state index contributed by atoms with van der Waals surface area (Å²) in [6.45, 7) is 3.62. The van der Waals surface area contributed by atoms with Gasteiger partial charge in [0.15, 0.2) is 0 Å². The molecule has 25 heavy (non-hydrogen) atoms. The van der Waals surface area contributed by atoms with Gasteiger partial charge in [0, 0.05) is 4.88 Å². The molecule has 1 amide bonds. The molecule has 8 heteroatoms. The second-order valence-electron chi connectivity index (χ2n) is 5.49. The van der Waals surface area contributed by atoms with Crippen LogP contribution in [0.25, 0.3) is 10.2 Å². The normalized spacial score (nSPS) is 11.3. The van der Waals surface area contributed by atoms with Crippen molar-refractivity contribution in [3.8, 4) is 0 Å². The van der Waals surface area contributed by atoms with Crippen molar-refractivity contribution >= 4 is 33.7 Å². The molecule has 0 aliphatic carbocycles. The fourth-order valence-electron chi connectivity index (χ4n) is 2.30. The lowest BCUT2D eigenvalue weighted by Gasteiger charge is -2.04. The van der Waals surface area contributed by atoms with Gasteiger partial charge >= 0.3 is 0 Å². The van der Waals surface area contributed by atoms with Crippen LogP contribution in [0.4, 0.5) is 4.39 Å². The Morgan fingerprint density at radius 1 is 1.36 bits per heavy atom. The molecule has 0 aliphatic heterocycles. The molecule has 0 aliphatic rings.